The molecule has 0 bridgehead atoms. The highest BCUT2D eigenvalue weighted by molar-refractivity contribution is 5.79. The molecule has 4 nitrogen and oxygen atoms in total. The van der Waals surface area contributed by atoms with Gasteiger partial charge in [0, 0.05) is 0 Å². The molecule has 4 heteroatoms. The molecule has 1 aliphatic rings. The lowest BCUT2D eigenvalue weighted by Crippen LogP contribution is -2.46. The van der Waals surface area contributed by atoms with Gasteiger partial charge in [0.25, 0.3) is 0 Å². The normalized spacial score (nSPS) is 33.4. The zero-order valence-corrected chi connectivity index (χ0v) is 9.92. The summed E-state index contributed by atoms with van der Waals surface area (Å²) in [6.07, 6.45) is 0.108. The van der Waals surface area contributed by atoms with Gasteiger partial charge in [-0.25, -0.2) is 9.78 Å². The molecular formula is C13H16O4. The highest BCUT2D eigenvalue weighted by Gasteiger charge is 2.44. The second-order valence-corrected chi connectivity index (χ2v) is 4.53. The maximum atomic E-state index is 11.5. The summed E-state index contributed by atoms with van der Waals surface area (Å²) in [7, 11) is 0. The van der Waals surface area contributed by atoms with Crippen LogP contribution >= 0.6 is 0 Å². The summed E-state index contributed by atoms with van der Waals surface area (Å²) in [6.45, 7) is 2.90. The molecule has 0 spiro atoms. The van der Waals surface area contributed by atoms with Gasteiger partial charge in [-0.2, -0.15) is 0 Å². The zero-order chi connectivity index (χ0) is 12.5. The number of aliphatic hydroxyl groups is 1. The van der Waals surface area contributed by atoms with E-state index in [9.17, 15) is 9.90 Å². The van der Waals surface area contributed by atoms with Crippen LogP contribution < -0.4 is 0 Å². The Morgan fingerprint density at radius 3 is 2.65 bits per heavy atom. The van der Waals surface area contributed by atoms with Crippen LogP contribution in [0.2, 0.25) is 0 Å². The van der Waals surface area contributed by atoms with Crippen molar-refractivity contribution in [2.24, 2.45) is 5.92 Å². The third-order valence-corrected chi connectivity index (χ3v) is 3.09. The zero-order valence-electron chi connectivity index (χ0n) is 9.92. The first-order valence-electron chi connectivity index (χ1n) is 5.63. The Labute approximate surface area is 100 Å². The number of ketones is 1. The summed E-state index contributed by atoms with van der Waals surface area (Å²) in [4.78, 5) is 21.6. The van der Waals surface area contributed by atoms with Crippen LogP contribution in [-0.4, -0.2) is 16.7 Å². The van der Waals surface area contributed by atoms with E-state index in [0.717, 1.165) is 5.56 Å². The molecule has 17 heavy (non-hydrogen) atoms. The minimum absolute atomic E-state index is 0.0979. The smallest absolute Gasteiger partial charge is 0.206 e. The fourth-order valence-corrected chi connectivity index (χ4v) is 2.09. The minimum atomic E-state index is -1.54. The predicted molar refractivity (Wildman–Crippen MR) is 60.8 cm³/mol. The second kappa shape index (κ2) is 4.56. The molecule has 1 fully saturated rings. The van der Waals surface area contributed by atoms with Gasteiger partial charge in [-0.05, 0) is 25.8 Å². The Morgan fingerprint density at radius 1 is 1.41 bits per heavy atom. The Kier molecular flexibility index (Phi) is 3.28. The predicted octanol–water partition coefficient (Wildman–Crippen LogP) is 1.99. The van der Waals surface area contributed by atoms with Crippen LogP contribution in [0.4, 0.5) is 0 Å². The van der Waals surface area contributed by atoms with Crippen LogP contribution in [0.5, 0.6) is 0 Å². The number of Topliss-reactive ketones (excluding diaryl/α,β-unsaturated/α-hetero) is 1. The quantitative estimate of drug-likeness (QED) is 0.798. The van der Waals surface area contributed by atoms with E-state index in [1.807, 2.05) is 30.3 Å². The standard InChI is InChI=1S/C13H16O4/c1-9(14)11-8-12(16-17-13(11,2)15)10-6-4-3-5-7-10/h3-7,11-12,15H,8H2,1-2H3. The van der Waals surface area contributed by atoms with Gasteiger partial charge < -0.3 is 5.11 Å². The van der Waals surface area contributed by atoms with Crippen molar-refractivity contribution in [2.75, 3.05) is 0 Å². The average Bonchev–Trinajstić information content (AvgIpc) is 2.29. The minimum Gasteiger partial charge on any atom is -0.363 e. The first kappa shape index (κ1) is 12.2. The third kappa shape index (κ3) is 2.54. The molecule has 0 amide bonds. The molecule has 92 valence electrons. The van der Waals surface area contributed by atoms with E-state index in [0.29, 0.717) is 6.42 Å². The molecule has 1 saturated heterocycles. The maximum absolute atomic E-state index is 11.5. The second-order valence-electron chi connectivity index (χ2n) is 4.53. The number of benzene rings is 1. The first-order valence-corrected chi connectivity index (χ1v) is 5.63. The molecular weight excluding hydrogens is 220 g/mol. The summed E-state index contributed by atoms with van der Waals surface area (Å²) >= 11 is 0. The summed E-state index contributed by atoms with van der Waals surface area (Å²) in [5.74, 6) is -2.21. The van der Waals surface area contributed by atoms with Gasteiger partial charge in [-0.1, -0.05) is 30.3 Å². The van der Waals surface area contributed by atoms with E-state index in [2.05, 4.69) is 0 Å². The number of rotatable bonds is 2. The molecule has 2 rings (SSSR count). The topological polar surface area (TPSA) is 55.8 Å². The summed E-state index contributed by atoms with van der Waals surface area (Å²) in [5.41, 5.74) is 0.939. The van der Waals surface area contributed by atoms with Crippen molar-refractivity contribution >= 4 is 5.78 Å². The lowest BCUT2D eigenvalue weighted by molar-refractivity contribution is -0.468. The fraction of sp³-hybridized carbons (Fsp3) is 0.462. The summed E-state index contributed by atoms with van der Waals surface area (Å²) in [5, 5.41) is 9.90. The molecule has 0 saturated carbocycles. The van der Waals surface area contributed by atoms with Crippen molar-refractivity contribution < 1.29 is 19.7 Å². The third-order valence-electron chi connectivity index (χ3n) is 3.09. The Bertz CT molecular complexity index is 399. The van der Waals surface area contributed by atoms with E-state index in [-0.39, 0.29) is 11.9 Å². The van der Waals surface area contributed by atoms with Gasteiger partial charge >= 0.3 is 0 Å². The van der Waals surface area contributed by atoms with E-state index in [4.69, 9.17) is 9.78 Å². The molecule has 0 aliphatic carbocycles. The number of hydrogen-bond acceptors (Lipinski definition) is 4. The largest absolute Gasteiger partial charge is 0.363 e. The van der Waals surface area contributed by atoms with Crippen molar-refractivity contribution in [1.29, 1.82) is 0 Å². The fourth-order valence-electron chi connectivity index (χ4n) is 2.09. The highest BCUT2D eigenvalue weighted by Crippen LogP contribution is 2.38. The molecule has 3 unspecified atom stereocenters. The molecule has 1 aliphatic heterocycles. The van der Waals surface area contributed by atoms with Crippen LogP contribution in [0, 0.1) is 5.92 Å². The van der Waals surface area contributed by atoms with Gasteiger partial charge in [-0.3, -0.25) is 4.79 Å². The van der Waals surface area contributed by atoms with Crippen molar-refractivity contribution in [3.63, 3.8) is 0 Å². The van der Waals surface area contributed by atoms with E-state index >= 15 is 0 Å². The average molecular weight is 236 g/mol. The van der Waals surface area contributed by atoms with Crippen LogP contribution in [0.1, 0.15) is 31.9 Å². The molecule has 1 aromatic carbocycles. The molecule has 1 aromatic rings. The highest BCUT2D eigenvalue weighted by atomic mass is 17.2. The van der Waals surface area contributed by atoms with Crippen molar-refractivity contribution in [1.82, 2.24) is 0 Å². The molecule has 1 heterocycles. The van der Waals surface area contributed by atoms with Gasteiger partial charge in [0.05, 0.1) is 5.92 Å². The van der Waals surface area contributed by atoms with Gasteiger partial charge in [0.1, 0.15) is 11.9 Å². The van der Waals surface area contributed by atoms with E-state index in [1.54, 1.807) is 0 Å². The van der Waals surface area contributed by atoms with Crippen LogP contribution in [0.25, 0.3) is 0 Å². The number of hydrogen-bond donors (Lipinski definition) is 1. The van der Waals surface area contributed by atoms with E-state index in [1.165, 1.54) is 13.8 Å². The summed E-state index contributed by atoms with van der Waals surface area (Å²) in [6, 6.07) is 9.52. The van der Waals surface area contributed by atoms with Crippen molar-refractivity contribution in [3.8, 4) is 0 Å². The van der Waals surface area contributed by atoms with Crippen molar-refractivity contribution in [2.45, 2.75) is 32.2 Å². The Balaban J connectivity index is 2.18. The Morgan fingerprint density at radius 2 is 2.06 bits per heavy atom. The van der Waals surface area contributed by atoms with Crippen LogP contribution in [0.3, 0.4) is 0 Å². The number of carbonyl (C=O) groups excluding carboxylic acids is 1. The van der Waals surface area contributed by atoms with Crippen molar-refractivity contribution in [3.05, 3.63) is 35.9 Å². The molecule has 0 aromatic heterocycles. The summed E-state index contributed by atoms with van der Waals surface area (Å²) < 4.78 is 0. The molecule has 1 N–H and O–H groups in total. The first-order chi connectivity index (χ1) is 8.00. The van der Waals surface area contributed by atoms with Gasteiger partial charge in [0.2, 0.25) is 5.79 Å². The monoisotopic (exact) mass is 236 g/mol. The van der Waals surface area contributed by atoms with Crippen LogP contribution in [0.15, 0.2) is 30.3 Å². The van der Waals surface area contributed by atoms with E-state index < -0.39 is 11.7 Å². The maximum Gasteiger partial charge on any atom is 0.206 e. The van der Waals surface area contributed by atoms with Gasteiger partial charge in [-0.15, -0.1) is 0 Å². The lowest BCUT2D eigenvalue weighted by Gasteiger charge is -2.37. The van der Waals surface area contributed by atoms with Crippen LogP contribution in [-0.2, 0) is 14.6 Å². The lowest BCUT2D eigenvalue weighted by atomic mass is 9.87. The molecule has 3 atom stereocenters. The SMILES string of the molecule is CC(=O)C1CC(c2ccccc2)OOC1(C)O. The Hall–Kier alpha value is -1.23. The van der Waals surface area contributed by atoms with Gasteiger partial charge in [0.15, 0.2) is 0 Å². The number of carbonyl (C=O) groups is 1. The molecule has 0 radical (unpaired) electrons.